The molecule has 1 saturated heterocycles. The van der Waals surface area contributed by atoms with Crippen molar-refractivity contribution in [1.29, 1.82) is 0 Å². The second-order valence-electron chi connectivity index (χ2n) is 4.17. The Bertz CT molecular complexity index is 183. The summed E-state index contributed by atoms with van der Waals surface area (Å²) in [5.74, 6) is 0. The molecule has 0 amide bonds. The zero-order valence-corrected chi connectivity index (χ0v) is 9.32. The molecule has 0 radical (unpaired) electrons. The molecule has 1 rings (SSSR count). The number of morpholine rings is 1. The molecule has 4 heteroatoms. The van der Waals surface area contributed by atoms with E-state index in [9.17, 15) is 0 Å². The van der Waals surface area contributed by atoms with Crippen LogP contribution in [-0.2, 0) is 9.57 Å². The number of hydroxylamine groups is 2. The van der Waals surface area contributed by atoms with Gasteiger partial charge in [-0.3, -0.25) is 0 Å². The molecule has 1 heterocycles. The Kier molecular flexibility index (Phi) is 3.64. The lowest BCUT2D eigenvalue weighted by atomic mass is 9.99. The lowest BCUT2D eigenvalue weighted by molar-refractivity contribution is -0.132. The predicted octanol–water partition coefficient (Wildman–Crippen LogP) is 1.62. The van der Waals surface area contributed by atoms with E-state index in [2.05, 4.69) is 20.8 Å². The van der Waals surface area contributed by atoms with Crippen molar-refractivity contribution in [3.05, 3.63) is 0 Å². The van der Waals surface area contributed by atoms with E-state index in [1.165, 1.54) is 0 Å². The maximum Gasteiger partial charge on any atom is 0.192 e. The molecule has 3 nitrogen and oxygen atoms in total. The molecule has 0 saturated carbocycles. The van der Waals surface area contributed by atoms with E-state index in [-0.39, 0.29) is 5.41 Å². The van der Waals surface area contributed by atoms with Crippen LogP contribution in [0.15, 0.2) is 0 Å². The average molecular weight is 203 g/mol. The van der Waals surface area contributed by atoms with Gasteiger partial charge in [0.15, 0.2) is 5.05 Å². The summed E-state index contributed by atoms with van der Waals surface area (Å²) in [6, 6.07) is 0. The number of hydrogen-bond acceptors (Lipinski definition) is 4. The second-order valence-corrected chi connectivity index (χ2v) is 4.54. The van der Waals surface area contributed by atoms with Gasteiger partial charge in [-0.15, -0.1) is 5.06 Å². The lowest BCUT2D eigenvalue weighted by Gasteiger charge is -2.30. The standard InChI is InChI=1S/C9H17NO2S/c1-9(2,3)8(13)12-10-4-6-11-7-5-10/h4-7H2,1-3H3. The fourth-order valence-corrected chi connectivity index (χ4v) is 0.997. The molecule has 0 N–H and O–H groups in total. The first kappa shape index (κ1) is 10.9. The van der Waals surface area contributed by atoms with E-state index in [1.807, 2.05) is 5.06 Å². The molecule has 13 heavy (non-hydrogen) atoms. The van der Waals surface area contributed by atoms with Gasteiger partial charge in [-0.05, 0) is 12.2 Å². The van der Waals surface area contributed by atoms with Crippen LogP contribution in [0.4, 0.5) is 0 Å². The third kappa shape index (κ3) is 3.58. The fraction of sp³-hybridized carbons (Fsp3) is 0.889. The number of rotatable bonds is 1. The molecule has 0 aromatic heterocycles. The molecule has 0 spiro atoms. The van der Waals surface area contributed by atoms with Gasteiger partial charge in [-0.1, -0.05) is 20.8 Å². The van der Waals surface area contributed by atoms with Crippen molar-refractivity contribution in [2.24, 2.45) is 5.41 Å². The van der Waals surface area contributed by atoms with Crippen molar-refractivity contribution in [3.63, 3.8) is 0 Å². The Morgan fingerprint density at radius 3 is 2.31 bits per heavy atom. The first-order valence-corrected chi connectivity index (χ1v) is 4.96. The minimum atomic E-state index is -0.0619. The lowest BCUT2D eigenvalue weighted by Crippen LogP contribution is -2.40. The molecule has 1 fully saturated rings. The van der Waals surface area contributed by atoms with Gasteiger partial charge in [0, 0.05) is 5.41 Å². The SMILES string of the molecule is CC(C)(C)C(=S)ON1CCOCC1. The Hall–Kier alpha value is -0.190. The molecule has 0 unspecified atom stereocenters. The van der Waals surface area contributed by atoms with Gasteiger partial charge < -0.3 is 9.57 Å². The van der Waals surface area contributed by atoms with Crippen molar-refractivity contribution in [2.45, 2.75) is 20.8 Å². The van der Waals surface area contributed by atoms with Gasteiger partial charge in [0.25, 0.3) is 0 Å². The minimum Gasteiger partial charge on any atom is -0.398 e. The van der Waals surface area contributed by atoms with Gasteiger partial charge >= 0.3 is 0 Å². The molecule has 0 aromatic rings. The van der Waals surface area contributed by atoms with Crippen LogP contribution in [0.2, 0.25) is 0 Å². The van der Waals surface area contributed by atoms with E-state index >= 15 is 0 Å². The monoisotopic (exact) mass is 203 g/mol. The zero-order valence-electron chi connectivity index (χ0n) is 8.50. The summed E-state index contributed by atoms with van der Waals surface area (Å²) in [4.78, 5) is 5.54. The first-order valence-electron chi connectivity index (χ1n) is 4.55. The Morgan fingerprint density at radius 1 is 1.31 bits per heavy atom. The highest BCUT2D eigenvalue weighted by atomic mass is 32.1. The van der Waals surface area contributed by atoms with Crippen LogP contribution in [0.3, 0.4) is 0 Å². The summed E-state index contributed by atoms with van der Waals surface area (Å²) in [5.41, 5.74) is -0.0619. The van der Waals surface area contributed by atoms with Crippen LogP contribution in [0.5, 0.6) is 0 Å². The third-order valence-corrected chi connectivity index (χ3v) is 2.48. The molecule has 0 bridgehead atoms. The Morgan fingerprint density at radius 2 is 1.85 bits per heavy atom. The average Bonchev–Trinajstić information content (AvgIpc) is 2.04. The topological polar surface area (TPSA) is 21.7 Å². The quantitative estimate of drug-likeness (QED) is 0.604. The van der Waals surface area contributed by atoms with Crippen LogP contribution < -0.4 is 0 Å². The normalized spacial score (nSPS) is 19.9. The highest BCUT2D eigenvalue weighted by Crippen LogP contribution is 2.18. The van der Waals surface area contributed by atoms with Crippen LogP contribution >= 0.6 is 12.2 Å². The van der Waals surface area contributed by atoms with E-state index < -0.39 is 0 Å². The van der Waals surface area contributed by atoms with Gasteiger partial charge in [-0.2, -0.15) is 0 Å². The molecule has 1 aliphatic rings. The van der Waals surface area contributed by atoms with Crippen molar-refractivity contribution in [3.8, 4) is 0 Å². The summed E-state index contributed by atoms with van der Waals surface area (Å²) in [7, 11) is 0. The molecule has 0 atom stereocenters. The van der Waals surface area contributed by atoms with E-state index in [0.29, 0.717) is 5.05 Å². The molecular weight excluding hydrogens is 186 g/mol. The minimum absolute atomic E-state index is 0.0619. The summed E-state index contributed by atoms with van der Waals surface area (Å²) in [6.07, 6.45) is 0. The summed E-state index contributed by atoms with van der Waals surface area (Å²) >= 11 is 5.17. The summed E-state index contributed by atoms with van der Waals surface area (Å²) < 4.78 is 5.20. The Labute approximate surface area is 85.0 Å². The van der Waals surface area contributed by atoms with Gasteiger partial charge in [0.05, 0.1) is 26.3 Å². The highest BCUT2D eigenvalue weighted by Gasteiger charge is 2.22. The summed E-state index contributed by atoms with van der Waals surface area (Å²) in [5, 5.41) is 2.52. The van der Waals surface area contributed by atoms with Crippen LogP contribution in [0.1, 0.15) is 20.8 Å². The Balaban J connectivity index is 2.35. The molecule has 76 valence electrons. The van der Waals surface area contributed by atoms with Crippen LogP contribution in [0, 0.1) is 5.41 Å². The molecular formula is C9H17NO2S. The summed E-state index contributed by atoms with van der Waals surface area (Å²) in [6.45, 7) is 9.22. The molecule has 0 aliphatic carbocycles. The number of nitrogens with zero attached hydrogens (tertiary/aromatic N) is 1. The first-order chi connectivity index (χ1) is 6.00. The molecule has 1 aliphatic heterocycles. The maximum atomic E-state index is 5.54. The van der Waals surface area contributed by atoms with Crippen molar-refractivity contribution in [1.82, 2.24) is 5.06 Å². The van der Waals surface area contributed by atoms with E-state index in [4.69, 9.17) is 21.8 Å². The largest absolute Gasteiger partial charge is 0.398 e. The van der Waals surface area contributed by atoms with E-state index in [1.54, 1.807) is 0 Å². The highest BCUT2D eigenvalue weighted by molar-refractivity contribution is 7.80. The number of hydrogen-bond donors (Lipinski definition) is 0. The van der Waals surface area contributed by atoms with Gasteiger partial charge in [0.2, 0.25) is 0 Å². The second kappa shape index (κ2) is 4.35. The van der Waals surface area contributed by atoms with Crippen molar-refractivity contribution < 1.29 is 9.57 Å². The fourth-order valence-electron chi connectivity index (χ4n) is 0.892. The third-order valence-electron chi connectivity index (χ3n) is 1.79. The van der Waals surface area contributed by atoms with Crippen molar-refractivity contribution in [2.75, 3.05) is 26.3 Å². The zero-order chi connectivity index (χ0) is 9.90. The molecule has 0 aromatic carbocycles. The number of ether oxygens (including phenoxy) is 1. The van der Waals surface area contributed by atoms with Gasteiger partial charge in [-0.25, -0.2) is 0 Å². The van der Waals surface area contributed by atoms with Gasteiger partial charge in [0.1, 0.15) is 0 Å². The van der Waals surface area contributed by atoms with Crippen molar-refractivity contribution >= 4 is 17.3 Å². The van der Waals surface area contributed by atoms with E-state index in [0.717, 1.165) is 26.3 Å². The smallest absolute Gasteiger partial charge is 0.192 e. The maximum absolute atomic E-state index is 5.54. The van der Waals surface area contributed by atoms with Crippen LogP contribution in [0.25, 0.3) is 0 Å². The predicted molar refractivity (Wildman–Crippen MR) is 55.5 cm³/mol. The van der Waals surface area contributed by atoms with Crippen LogP contribution in [-0.4, -0.2) is 36.4 Å². The number of thiocarbonyl (C=S) groups is 1.